The summed E-state index contributed by atoms with van der Waals surface area (Å²) in [5.74, 6) is -0.147. The van der Waals surface area contributed by atoms with Gasteiger partial charge in [-0.25, -0.2) is 17.9 Å². The number of nitrogens with zero attached hydrogens (tertiary/aromatic N) is 1. The molecule has 1 aromatic rings. The van der Waals surface area contributed by atoms with Crippen molar-refractivity contribution >= 4 is 27.6 Å². The predicted molar refractivity (Wildman–Crippen MR) is 119 cm³/mol. The summed E-state index contributed by atoms with van der Waals surface area (Å²) in [6, 6.07) is 4.82. The van der Waals surface area contributed by atoms with Crippen LogP contribution in [0.15, 0.2) is 18.2 Å². The van der Waals surface area contributed by atoms with Gasteiger partial charge < -0.3 is 15.5 Å². The quantitative estimate of drug-likeness (QED) is 0.657. The summed E-state index contributed by atoms with van der Waals surface area (Å²) in [7, 11) is -3.41. The third-order valence-corrected chi connectivity index (χ3v) is 7.32. The van der Waals surface area contributed by atoms with E-state index in [4.69, 9.17) is 0 Å². The largest absolute Gasteiger partial charge is 0.350 e. The second-order valence-corrected chi connectivity index (χ2v) is 11.6. The van der Waals surface area contributed by atoms with Gasteiger partial charge in [-0.3, -0.25) is 4.79 Å². The minimum atomic E-state index is -3.41. The highest BCUT2D eigenvalue weighted by atomic mass is 32.2. The predicted octanol–water partition coefficient (Wildman–Crippen LogP) is 2.85. The van der Waals surface area contributed by atoms with Crippen LogP contribution in [-0.2, 0) is 10.0 Å². The summed E-state index contributed by atoms with van der Waals surface area (Å²) in [6.45, 7) is 11.6. The van der Waals surface area contributed by atoms with Crippen LogP contribution < -0.4 is 15.4 Å². The second-order valence-electron chi connectivity index (χ2n) is 9.08. The molecule has 30 heavy (non-hydrogen) atoms. The lowest BCUT2D eigenvalue weighted by atomic mass is 10.1. The van der Waals surface area contributed by atoms with Crippen molar-refractivity contribution in [1.82, 2.24) is 14.9 Å². The Morgan fingerprint density at radius 1 is 1.13 bits per heavy atom. The van der Waals surface area contributed by atoms with E-state index >= 15 is 0 Å². The first-order valence-electron chi connectivity index (χ1n) is 10.3. The molecule has 0 aromatic heterocycles. The highest BCUT2D eigenvalue weighted by molar-refractivity contribution is 7.90. The van der Waals surface area contributed by atoms with Crippen molar-refractivity contribution in [3.05, 3.63) is 29.3 Å². The molecule has 0 spiro atoms. The Morgan fingerprint density at radius 3 is 2.23 bits per heavy atom. The number of urea groups is 1. The summed E-state index contributed by atoms with van der Waals surface area (Å²) < 4.78 is 26.5. The molecule has 0 radical (unpaired) electrons. The van der Waals surface area contributed by atoms with Gasteiger partial charge in [0, 0.05) is 36.4 Å². The number of hydrogen-bond acceptors (Lipinski definition) is 4. The van der Waals surface area contributed by atoms with Crippen LogP contribution in [0.5, 0.6) is 0 Å². The molecule has 8 nitrogen and oxygen atoms in total. The minimum Gasteiger partial charge on any atom is -0.350 e. The van der Waals surface area contributed by atoms with Gasteiger partial charge in [-0.05, 0) is 78.1 Å². The maximum atomic E-state index is 12.6. The van der Waals surface area contributed by atoms with Crippen LogP contribution in [0.1, 0.15) is 63.4 Å². The van der Waals surface area contributed by atoms with E-state index < -0.39 is 14.8 Å². The lowest BCUT2D eigenvalue weighted by Crippen LogP contribution is -2.50. The molecule has 0 aliphatic carbocycles. The monoisotopic (exact) mass is 438 g/mol. The normalized spacial score (nSPS) is 15.9. The van der Waals surface area contributed by atoms with Gasteiger partial charge >= 0.3 is 6.03 Å². The van der Waals surface area contributed by atoms with E-state index in [1.54, 1.807) is 43.9 Å². The number of benzene rings is 1. The average molecular weight is 439 g/mol. The fourth-order valence-electron chi connectivity index (χ4n) is 3.08. The number of anilines is 1. The Bertz CT molecular complexity index is 883. The number of carbonyl (C=O) groups excluding carboxylic acids is 2. The van der Waals surface area contributed by atoms with Gasteiger partial charge in [0.1, 0.15) is 0 Å². The first-order chi connectivity index (χ1) is 13.8. The van der Waals surface area contributed by atoms with Crippen LogP contribution in [0.3, 0.4) is 0 Å². The van der Waals surface area contributed by atoms with E-state index in [1.807, 2.05) is 20.8 Å². The number of aryl methyl sites for hydroxylation is 1. The van der Waals surface area contributed by atoms with Crippen molar-refractivity contribution < 1.29 is 18.0 Å². The molecule has 1 fully saturated rings. The van der Waals surface area contributed by atoms with Crippen LogP contribution in [0.2, 0.25) is 0 Å². The molecule has 1 aliphatic rings. The molecular weight excluding hydrogens is 404 g/mol. The molecule has 1 aliphatic heterocycles. The SMILES string of the molecule is Cc1cc(C(=O)NC(C)C)ccc1NC(=O)N1CCC(NS(=O)(=O)C(C)(C)C)CC1. The third kappa shape index (κ3) is 6.18. The highest BCUT2D eigenvalue weighted by Gasteiger charge is 2.33. The lowest BCUT2D eigenvalue weighted by Gasteiger charge is -2.33. The van der Waals surface area contributed by atoms with Gasteiger partial charge in [-0.15, -0.1) is 0 Å². The van der Waals surface area contributed by atoms with Gasteiger partial charge in [0.25, 0.3) is 5.91 Å². The summed E-state index contributed by atoms with van der Waals surface area (Å²) in [5, 5.41) is 5.74. The number of likely N-dealkylation sites (tertiary alicyclic amines) is 1. The topological polar surface area (TPSA) is 108 Å². The van der Waals surface area contributed by atoms with E-state index in [-0.39, 0.29) is 24.0 Å². The van der Waals surface area contributed by atoms with Crippen LogP contribution in [0.25, 0.3) is 0 Å². The molecular formula is C21H34N4O4S. The highest BCUT2D eigenvalue weighted by Crippen LogP contribution is 2.20. The maximum absolute atomic E-state index is 12.6. The van der Waals surface area contributed by atoms with Crippen molar-refractivity contribution in [2.24, 2.45) is 0 Å². The summed E-state index contributed by atoms with van der Waals surface area (Å²) in [6.07, 6.45) is 1.13. The molecule has 2 rings (SSSR count). The molecule has 0 bridgehead atoms. The zero-order chi connectivity index (χ0) is 22.7. The smallest absolute Gasteiger partial charge is 0.321 e. The first-order valence-corrected chi connectivity index (χ1v) is 11.8. The first kappa shape index (κ1) is 24.1. The van der Waals surface area contributed by atoms with E-state index in [0.29, 0.717) is 37.2 Å². The third-order valence-electron chi connectivity index (χ3n) is 5.06. The number of amides is 3. The molecule has 3 amide bonds. The molecule has 0 saturated carbocycles. The Kier molecular flexibility index (Phi) is 7.52. The molecule has 1 heterocycles. The van der Waals surface area contributed by atoms with Gasteiger partial charge in [0.05, 0.1) is 4.75 Å². The Morgan fingerprint density at radius 2 is 1.73 bits per heavy atom. The lowest BCUT2D eigenvalue weighted by molar-refractivity contribution is 0.0943. The van der Waals surface area contributed by atoms with Gasteiger partial charge in [0.15, 0.2) is 0 Å². The van der Waals surface area contributed by atoms with Gasteiger partial charge in [0.2, 0.25) is 10.0 Å². The number of carbonyl (C=O) groups is 2. The van der Waals surface area contributed by atoms with Crippen molar-refractivity contribution in [1.29, 1.82) is 0 Å². The Balaban J connectivity index is 1.93. The fourth-order valence-corrected chi connectivity index (χ4v) is 4.11. The van der Waals surface area contributed by atoms with Crippen LogP contribution in [0, 0.1) is 6.92 Å². The van der Waals surface area contributed by atoms with Gasteiger partial charge in [-0.2, -0.15) is 0 Å². The summed E-state index contributed by atoms with van der Waals surface area (Å²) in [4.78, 5) is 26.4. The second kappa shape index (κ2) is 9.34. The number of nitrogens with one attached hydrogen (secondary N) is 3. The molecule has 3 N–H and O–H groups in total. The molecule has 0 atom stereocenters. The van der Waals surface area contributed by atoms with Crippen molar-refractivity contribution in [3.8, 4) is 0 Å². The van der Waals surface area contributed by atoms with Gasteiger partial charge in [-0.1, -0.05) is 0 Å². The number of piperidine rings is 1. The molecule has 0 unspecified atom stereocenters. The molecule has 1 saturated heterocycles. The maximum Gasteiger partial charge on any atom is 0.321 e. The minimum absolute atomic E-state index is 0.0491. The van der Waals surface area contributed by atoms with Crippen molar-refractivity contribution in [2.75, 3.05) is 18.4 Å². The van der Waals surface area contributed by atoms with Crippen LogP contribution >= 0.6 is 0 Å². The van der Waals surface area contributed by atoms with E-state index in [9.17, 15) is 18.0 Å². The zero-order valence-electron chi connectivity index (χ0n) is 18.7. The fraction of sp³-hybridized carbons (Fsp3) is 0.619. The van der Waals surface area contributed by atoms with E-state index in [1.165, 1.54) is 0 Å². The standard InChI is InChI=1S/C21H34N4O4S/c1-14(2)22-19(26)16-7-8-18(15(3)13-16)23-20(27)25-11-9-17(10-12-25)24-30(28,29)21(4,5)6/h7-8,13-14,17,24H,9-12H2,1-6H3,(H,22,26)(H,23,27). The van der Waals surface area contributed by atoms with Crippen LogP contribution in [-0.4, -0.2) is 55.2 Å². The number of hydrogen-bond donors (Lipinski definition) is 3. The van der Waals surface area contributed by atoms with Crippen molar-refractivity contribution in [2.45, 2.75) is 71.2 Å². The summed E-state index contributed by atoms with van der Waals surface area (Å²) in [5.41, 5.74) is 2.00. The van der Waals surface area contributed by atoms with E-state index in [2.05, 4.69) is 15.4 Å². The molecule has 168 valence electrons. The average Bonchev–Trinajstić information content (AvgIpc) is 2.62. The Hall–Kier alpha value is -2.13. The zero-order valence-corrected chi connectivity index (χ0v) is 19.5. The van der Waals surface area contributed by atoms with Crippen LogP contribution in [0.4, 0.5) is 10.5 Å². The van der Waals surface area contributed by atoms with E-state index in [0.717, 1.165) is 5.56 Å². The Labute approximate surface area is 179 Å². The number of sulfonamides is 1. The summed E-state index contributed by atoms with van der Waals surface area (Å²) >= 11 is 0. The number of rotatable bonds is 5. The molecule has 9 heteroatoms. The molecule has 1 aromatic carbocycles. The van der Waals surface area contributed by atoms with Crippen molar-refractivity contribution in [3.63, 3.8) is 0 Å².